The summed E-state index contributed by atoms with van der Waals surface area (Å²) in [6.45, 7) is 3.94. The lowest BCUT2D eigenvalue weighted by Gasteiger charge is -2.20. The van der Waals surface area contributed by atoms with E-state index < -0.39 is 5.60 Å². The van der Waals surface area contributed by atoms with E-state index in [1.807, 2.05) is 19.9 Å². The van der Waals surface area contributed by atoms with Crippen molar-refractivity contribution >= 4 is 0 Å². The Hall–Kier alpha value is -0.820. The highest BCUT2D eigenvalue weighted by atomic mass is 16.3. The first kappa shape index (κ1) is 11.3. The summed E-state index contributed by atoms with van der Waals surface area (Å²) < 4.78 is 0. The molecule has 0 aliphatic rings. The van der Waals surface area contributed by atoms with Crippen molar-refractivity contribution < 1.29 is 5.11 Å². The van der Waals surface area contributed by atoms with Crippen LogP contribution in [-0.2, 0) is 6.42 Å². The van der Waals surface area contributed by atoms with Gasteiger partial charge in [-0.1, -0.05) is 37.3 Å². The molecule has 0 aliphatic carbocycles. The predicted octanol–water partition coefficient (Wildman–Crippen LogP) is 3.17. The molecular formula is C13H20O. The van der Waals surface area contributed by atoms with Crippen molar-refractivity contribution in [1.29, 1.82) is 0 Å². The number of rotatable bonds is 5. The Labute approximate surface area is 86.8 Å². The average molecular weight is 192 g/mol. The van der Waals surface area contributed by atoms with Gasteiger partial charge in [0.05, 0.1) is 5.60 Å². The molecule has 0 radical (unpaired) electrons. The van der Waals surface area contributed by atoms with E-state index in [4.69, 9.17) is 0 Å². The molecule has 0 saturated carbocycles. The standard InChI is InChI=1S/C13H20O/c1-3-13(2,14)11-7-10-12-8-5-4-6-9-12/h4-6,8-9,14H,3,7,10-11H2,1-2H3/t13-/m1/s1. The van der Waals surface area contributed by atoms with Crippen LogP contribution in [0.5, 0.6) is 0 Å². The molecule has 0 aliphatic heterocycles. The fraction of sp³-hybridized carbons (Fsp3) is 0.538. The Morgan fingerprint density at radius 2 is 1.86 bits per heavy atom. The summed E-state index contributed by atoms with van der Waals surface area (Å²) in [7, 11) is 0. The molecule has 1 N–H and O–H groups in total. The molecule has 0 bridgehead atoms. The highest BCUT2D eigenvalue weighted by Gasteiger charge is 2.16. The van der Waals surface area contributed by atoms with Gasteiger partial charge in [-0.05, 0) is 38.2 Å². The topological polar surface area (TPSA) is 20.2 Å². The van der Waals surface area contributed by atoms with Crippen molar-refractivity contribution in [1.82, 2.24) is 0 Å². The van der Waals surface area contributed by atoms with Crippen molar-refractivity contribution in [2.45, 2.75) is 45.1 Å². The molecule has 78 valence electrons. The van der Waals surface area contributed by atoms with E-state index in [9.17, 15) is 5.11 Å². The molecule has 0 fully saturated rings. The summed E-state index contributed by atoms with van der Waals surface area (Å²) in [6.07, 6.45) is 3.85. The molecule has 14 heavy (non-hydrogen) atoms. The minimum atomic E-state index is -0.477. The van der Waals surface area contributed by atoms with E-state index in [1.165, 1.54) is 5.56 Å². The Balaban J connectivity index is 2.29. The van der Waals surface area contributed by atoms with Crippen molar-refractivity contribution in [3.8, 4) is 0 Å². The quantitative estimate of drug-likeness (QED) is 0.759. The monoisotopic (exact) mass is 192 g/mol. The Bertz CT molecular complexity index is 251. The highest BCUT2D eigenvalue weighted by molar-refractivity contribution is 5.14. The van der Waals surface area contributed by atoms with E-state index in [-0.39, 0.29) is 0 Å². The Kier molecular flexibility index (Phi) is 4.15. The van der Waals surface area contributed by atoms with Crippen molar-refractivity contribution in [3.05, 3.63) is 35.9 Å². The maximum atomic E-state index is 9.80. The first-order valence-corrected chi connectivity index (χ1v) is 5.40. The second-order valence-electron chi connectivity index (χ2n) is 4.19. The minimum absolute atomic E-state index is 0.477. The van der Waals surface area contributed by atoms with Crippen LogP contribution < -0.4 is 0 Å². The largest absolute Gasteiger partial charge is 0.390 e. The van der Waals surface area contributed by atoms with Crippen LogP contribution in [0.1, 0.15) is 38.7 Å². The third kappa shape index (κ3) is 3.93. The molecular weight excluding hydrogens is 172 g/mol. The molecule has 0 amide bonds. The van der Waals surface area contributed by atoms with Crippen molar-refractivity contribution in [2.75, 3.05) is 0 Å². The van der Waals surface area contributed by atoms with Gasteiger partial charge < -0.3 is 5.11 Å². The minimum Gasteiger partial charge on any atom is -0.390 e. The molecule has 0 saturated heterocycles. The number of aliphatic hydroxyl groups is 1. The van der Waals surface area contributed by atoms with Crippen LogP contribution in [0.25, 0.3) is 0 Å². The molecule has 1 aromatic carbocycles. The van der Waals surface area contributed by atoms with E-state index in [0.29, 0.717) is 0 Å². The third-order valence-electron chi connectivity index (χ3n) is 2.79. The normalized spacial score (nSPS) is 15.1. The second-order valence-corrected chi connectivity index (χ2v) is 4.19. The summed E-state index contributed by atoms with van der Waals surface area (Å²) >= 11 is 0. The molecule has 0 heterocycles. The van der Waals surface area contributed by atoms with Gasteiger partial charge in [-0.15, -0.1) is 0 Å². The molecule has 1 aromatic rings. The van der Waals surface area contributed by atoms with E-state index in [0.717, 1.165) is 25.7 Å². The van der Waals surface area contributed by atoms with Crippen LogP contribution in [0.4, 0.5) is 0 Å². The summed E-state index contributed by atoms with van der Waals surface area (Å²) in [5.74, 6) is 0. The van der Waals surface area contributed by atoms with Crippen LogP contribution in [-0.4, -0.2) is 10.7 Å². The predicted molar refractivity (Wildman–Crippen MR) is 60.3 cm³/mol. The Morgan fingerprint density at radius 1 is 1.21 bits per heavy atom. The number of benzene rings is 1. The molecule has 0 unspecified atom stereocenters. The van der Waals surface area contributed by atoms with Gasteiger partial charge in [0.1, 0.15) is 0 Å². The SMILES string of the molecule is CC[C@@](C)(O)CCCc1ccccc1. The maximum Gasteiger partial charge on any atom is 0.0617 e. The summed E-state index contributed by atoms with van der Waals surface area (Å²) in [5.41, 5.74) is 0.883. The van der Waals surface area contributed by atoms with Crippen LogP contribution in [0.15, 0.2) is 30.3 Å². The van der Waals surface area contributed by atoms with E-state index in [1.54, 1.807) is 0 Å². The average Bonchev–Trinajstić information content (AvgIpc) is 2.19. The second kappa shape index (κ2) is 5.16. The van der Waals surface area contributed by atoms with Gasteiger partial charge in [-0.3, -0.25) is 0 Å². The smallest absolute Gasteiger partial charge is 0.0617 e. The summed E-state index contributed by atoms with van der Waals surface area (Å²) in [5, 5.41) is 9.80. The Morgan fingerprint density at radius 3 is 2.43 bits per heavy atom. The van der Waals surface area contributed by atoms with Gasteiger partial charge in [0.2, 0.25) is 0 Å². The molecule has 0 spiro atoms. The lowest BCUT2D eigenvalue weighted by atomic mass is 9.95. The third-order valence-corrected chi connectivity index (χ3v) is 2.79. The molecule has 1 heteroatoms. The van der Waals surface area contributed by atoms with Gasteiger partial charge in [-0.2, -0.15) is 0 Å². The first-order valence-electron chi connectivity index (χ1n) is 5.40. The lowest BCUT2D eigenvalue weighted by Crippen LogP contribution is -2.22. The molecule has 1 atom stereocenters. The highest BCUT2D eigenvalue weighted by Crippen LogP contribution is 2.17. The lowest BCUT2D eigenvalue weighted by molar-refractivity contribution is 0.0450. The maximum absolute atomic E-state index is 9.80. The number of hydrogen-bond acceptors (Lipinski definition) is 1. The molecule has 1 nitrogen and oxygen atoms in total. The zero-order chi connectivity index (χ0) is 10.4. The zero-order valence-corrected chi connectivity index (χ0v) is 9.16. The molecule has 1 rings (SSSR count). The van der Waals surface area contributed by atoms with Crippen LogP contribution in [0, 0.1) is 0 Å². The van der Waals surface area contributed by atoms with Gasteiger partial charge in [0, 0.05) is 0 Å². The van der Waals surface area contributed by atoms with Gasteiger partial charge in [0.15, 0.2) is 0 Å². The fourth-order valence-electron chi connectivity index (χ4n) is 1.49. The van der Waals surface area contributed by atoms with Crippen molar-refractivity contribution in [2.24, 2.45) is 0 Å². The first-order chi connectivity index (χ1) is 6.64. The van der Waals surface area contributed by atoms with Crippen LogP contribution in [0.2, 0.25) is 0 Å². The molecule has 0 aromatic heterocycles. The van der Waals surface area contributed by atoms with E-state index in [2.05, 4.69) is 24.3 Å². The van der Waals surface area contributed by atoms with Gasteiger partial charge in [0.25, 0.3) is 0 Å². The number of hydrogen-bond donors (Lipinski definition) is 1. The van der Waals surface area contributed by atoms with Crippen LogP contribution in [0.3, 0.4) is 0 Å². The zero-order valence-electron chi connectivity index (χ0n) is 9.16. The van der Waals surface area contributed by atoms with E-state index >= 15 is 0 Å². The van der Waals surface area contributed by atoms with Crippen molar-refractivity contribution in [3.63, 3.8) is 0 Å². The van der Waals surface area contributed by atoms with Gasteiger partial charge >= 0.3 is 0 Å². The number of aryl methyl sites for hydroxylation is 1. The fourth-order valence-corrected chi connectivity index (χ4v) is 1.49. The van der Waals surface area contributed by atoms with Crippen LogP contribution >= 0.6 is 0 Å². The van der Waals surface area contributed by atoms with Gasteiger partial charge in [-0.25, -0.2) is 0 Å². The summed E-state index contributed by atoms with van der Waals surface area (Å²) in [6, 6.07) is 10.4. The summed E-state index contributed by atoms with van der Waals surface area (Å²) in [4.78, 5) is 0.